The van der Waals surface area contributed by atoms with Gasteiger partial charge in [-0.3, -0.25) is 4.79 Å². The van der Waals surface area contributed by atoms with E-state index in [1.54, 1.807) is 0 Å². The predicted octanol–water partition coefficient (Wildman–Crippen LogP) is 1.84. The van der Waals surface area contributed by atoms with Crippen molar-refractivity contribution in [2.75, 3.05) is 6.54 Å². The minimum Gasteiger partial charge on any atom is -0.355 e. The maximum Gasteiger partial charge on any atom is 0.224 e. The van der Waals surface area contributed by atoms with Gasteiger partial charge in [-0.25, -0.2) is 0 Å². The van der Waals surface area contributed by atoms with E-state index in [-0.39, 0.29) is 30.3 Å². The SMILES string of the molecule is CC1(CNC(=O)C2CCCC2N)CCC1.Cl. The number of hydrogen-bond donors (Lipinski definition) is 2. The zero-order valence-corrected chi connectivity index (χ0v) is 10.8. The summed E-state index contributed by atoms with van der Waals surface area (Å²) >= 11 is 0. The van der Waals surface area contributed by atoms with Crippen LogP contribution in [0.4, 0.5) is 0 Å². The van der Waals surface area contributed by atoms with Gasteiger partial charge in [-0.1, -0.05) is 19.8 Å². The molecule has 2 fully saturated rings. The molecule has 3 N–H and O–H groups in total. The Kier molecular flexibility index (Phi) is 4.62. The Balaban J connectivity index is 0.00000128. The Labute approximate surface area is 104 Å². The summed E-state index contributed by atoms with van der Waals surface area (Å²) < 4.78 is 0. The second-order valence-electron chi connectivity index (χ2n) is 5.58. The standard InChI is InChI=1S/C12H22N2O.ClH/c1-12(6-3-7-12)8-14-11(15)9-4-2-5-10(9)13;/h9-10H,2-8,13H2,1H3,(H,14,15);1H. The van der Waals surface area contributed by atoms with Crippen molar-refractivity contribution in [3.05, 3.63) is 0 Å². The number of halogens is 1. The van der Waals surface area contributed by atoms with Gasteiger partial charge in [-0.2, -0.15) is 0 Å². The number of carbonyl (C=O) groups is 1. The molecule has 4 heteroatoms. The van der Waals surface area contributed by atoms with Gasteiger partial charge in [0, 0.05) is 12.6 Å². The van der Waals surface area contributed by atoms with Gasteiger partial charge in [0.05, 0.1) is 5.92 Å². The fraction of sp³-hybridized carbons (Fsp3) is 0.917. The van der Waals surface area contributed by atoms with Crippen LogP contribution in [0.2, 0.25) is 0 Å². The lowest BCUT2D eigenvalue weighted by Gasteiger charge is -2.38. The fourth-order valence-electron chi connectivity index (χ4n) is 2.70. The highest BCUT2D eigenvalue weighted by molar-refractivity contribution is 5.85. The molecule has 2 atom stereocenters. The number of amides is 1. The Morgan fingerprint density at radius 1 is 1.38 bits per heavy atom. The van der Waals surface area contributed by atoms with Gasteiger partial charge >= 0.3 is 0 Å². The predicted molar refractivity (Wildman–Crippen MR) is 67.5 cm³/mol. The number of rotatable bonds is 3. The first-order valence-electron chi connectivity index (χ1n) is 6.14. The molecule has 0 saturated heterocycles. The van der Waals surface area contributed by atoms with Gasteiger partial charge in [-0.15, -0.1) is 12.4 Å². The lowest BCUT2D eigenvalue weighted by atomic mass is 9.70. The molecule has 0 aromatic rings. The van der Waals surface area contributed by atoms with Crippen molar-refractivity contribution in [2.24, 2.45) is 17.1 Å². The van der Waals surface area contributed by atoms with Crippen LogP contribution >= 0.6 is 12.4 Å². The van der Waals surface area contributed by atoms with Crippen LogP contribution in [-0.4, -0.2) is 18.5 Å². The number of carbonyl (C=O) groups excluding carboxylic acids is 1. The highest BCUT2D eigenvalue weighted by atomic mass is 35.5. The third-order valence-corrected chi connectivity index (χ3v) is 4.16. The van der Waals surface area contributed by atoms with E-state index in [1.807, 2.05) is 0 Å². The molecule has 0 radical (unpaired) electrons. The maximum absolute atomic E-state index is 11.9. The maximum atomic E-state index is 11.9. The van der Waals surface area contributed by atoms with Crippen molar-refractivity contribution in [2.45, 2.75) is 51.5 Å². The first-order chi connectivity index (χ1) is 7.11. The lowest BCUT2D eigenvalue weighted by molar-refractivity contribution is -0.125. The van der Waals surface area contributed by atoms with Crippen LogP contribution in [0.25, 0.3) is 0 Å². The third-order valence-electron chi connectivity index (χ3n) is 4.16. The van der Waals surface area contributed by atoms with Crippen LogP contribution in [0.15, 0.2) is 0 Å². The fourth-order valence-corrected chi connectivity index (χ4v) is 2.70. The molecule has 94 valence electrons. The number of nitrogens with two attached hydrogens (primary N) is 1. The Bertz CT molecular complexity index is 253. The van der Waals surface area contributed by atoms with E-state index in [9.17, 15) is 4.79 Å². The zero-order chi connectivity index (χ0) is 10.9. The summed E-state index contributed by atoms with van der Waals surface area (Å²) in [6, 6.07) is 0.0965. The zero-order valence-electron chi connectivity index (χ0n) is 10.00. The van der Waals surface area contributed by atoms with E-state index in [1.165, 1.54) is 19.3 Å². The normalized spacial score (nSPS) is 31.4. The van der Waals surface area contributed by atoms with E-state index in [0.29, 0.717) is 5.41 Å². The van der Waals surface area contributed by atoms with Crippen LogP contribution < -0.4 is 11.1 Å². The van der Waals surface area contributed by atoms with Crippen LogP contribution in [0.5, 0.6) is 0 Å². The van der Waals surface area contributed by atoms with Crippen molar-refractivity contribution >= 4 is 18.3 Å². The molecular formula is C12H23ClN2O. The molecular weight excluding hydrogens is 224 g/mol. The first kappa shape index (κ1) is 13.8. The Morgan fingerprint density at radius 2 is 2.06 bits per heavy atom. The van der Waals surface area contributed by atoms with Crippen molar-refractivity contribution in [1.29, 1.82) is 0 Å². The van der Waals surface area contributed by atoms with Gasteiger partial charge in [0.1, 0.15) is 0 Å². The number of hydrogen-bond acceptors (Lipinski definition) is 2. The molecule has 0 aliphatic heterocycles. The van der Waals surface area contributed by atoms with Crippen LogP contribution in [0.3, 0.4) is 0 Å². The van der Waals surface area contributed by atoms with Crippen LogP contribution in [0.1, 0.15) is 45.4 Å². The van der Waals surface area contributed by atoms with Crippen molar-refractivity contribution in [3.63, 3.8) is 0 Å². The Hall–Kier alpha value is -0.280. The first-order valence-corrected chi connectivity index (χ1v) is 6.14. The van der Waals surface area contributed by atoms with E-state index in [4.69, 9.17) is 5.73 Å². The van der Waals surface area contributed by atoms with Crippen molar-refractivity contribution < 1.29 is 4.79 Å². The molecule has 2 rings (SSSR count). The topological polar surface area (TPSA) is 55.1 Å². The average Bonchev–Trinajstić information content (AvgIpc) is 2.58. The van der Waals surface area contributed by atoms with E-state index in [2.05, 4.69) is 12.2 Å². The lowest BCUT2D eigenvalue weighted by Crippen LogP contribution is -2.44. The quantitative estimate of drug-likeness (QED) is 0.799. The summed E-state index contributed by atoms with van der Waals surface area (Å²) in [5, 5.41) is 3.08. The molecule has 2 unspecified atom stereocenters. The van der Waals surface area contributed by atoms with Crippen LogP contribution in [0, 0.1) is 11.3 Å². The second kappa shape index (κ2) is 5.37. The molecule has 0 heterocycles. The minimum atomic E-state index is 0. The molecule has 0 spiro atoms. The van der Waals surface area contributed by atoms with Gasteiger partial charge in [-0.05, 0) is 31.1 Å². The highest BCUT2D eigenvalue weighted by Crippen LogP contribution is 2.39. The highest BCUT2D eigenvalue weighted by Gasteiger charge is 2.34. The molecule has 3 nitrogen and oxygen atoms in total. The second-order valence-corrected chi connectivity index (χ2v) is 5.58. The summed E-state index contributed by atoms with van der Waals surface area (Å²) in [5.74, 6) is 0.266. The number of nitrogens with one attached hydrogen (secondary N) is 1. The van der Waals surface area contributed by atoms with E-state index < -0.39 is 0 Å². The summed E-state index contributed by atoms with van der Waals surface area (Å²) in [7, 11) is 0. The van der Waals surface area contributed by atoms with Crippen molar-refractivity contribution in [1.82, 2.24) is 5.32 Å². The van der Waals surface area contributed by atoms with Gasteiger partial charge in [0.15, 0.2) is 0 Å². The van der Waals surface area contributed by atoms with Gasteiger partial charge in [0.2, 0.25) is 5.91 Å². The summed E-state index contributed by atoms with van der Waals surface area (Å²) in [6.45, 7) is 3.10. The van der Waals surface area contributed by atoms with Gasteiger partial charge < -0.3 is 11.1 Å². The summed E-state index contributed by atoms with van der Waals surface area (Å²) in [6.07, 6.45) is 6.92. The third kappa shape index (κ3) is 2.89. The Morgan fingerprint density at radius 3 is 2.50 bits per heavy atom. The molecule has 2 saturated carbocycles. The summed E-state index contributed by atoms with van der Waals surface area (Å²) in [5.41, 5.74) is 6.28. The van der Waals surface area contributed by atoms with E-state index >= 15 is 0 Å². The summed E-state index contributed by atoms with van der Waals surface area (Å²) in [4.78, 5) is 11.9. The van der Waals surface area contributed by atoms with E-state index in [0.717, 1.165) is 25.8 Å². The molecule has 0 aromatic carbocycles. The average molecular weight is 247 g/mol. The largest absolute Gasteiger partial charge is 0.355 e. The molecule has 1 amide bonds. The van der Waals surface area contributed by atoms with Crippen molar-refractivity contribution in [3.8, 4) is 0 Å². The molecule has 2 aliphatic rings. The molecule has 0 aromatic heterocycles. The van der Waals surface area contributed by atoms with Gasteiger partial charge in [0.25, 0.3) is 0 Å². The molecule has 16 heavy (non-hydrogen) atoms. The molecule has 0 bridgehead atoms. The monoisotopic (exact) mass is 246 g/mol. The smallest absolute Gasteiger partial charge is 0.224 e. The van der Waals surface area contributed by atoms with Crippen LogP contribution in [-0.2, 0) is 4.79 Å². The molecule has 2 aliphatic carbocycles. The minimum absolute atomic E-state index is 0.